The minimum atomic E-state index is 0. The van der Waals surface area contributed by atoms with Crippen molar-refractivity contribution in [1.82, 2.24) is 0 Å². The molecule has 0 aromatic rings. The Labute approximate surface area is 93.8 Å². The molecule has 0 heterocycles. The summed E-state index contributed by atoms with van der Waals surface area (Å²) < 4.78 is 0. The van der Waals surface area contributed by atoms with Gasteiger partial charge in [-0.2, -0.15) is 18.3 Å². The van der Waals surface area contributed by atoms with E-state index in [1.54, 1.807) is 25.7 Å². The Bertz CT molecular complexity index is 309. The third kappa shape index (κ3) is 0.812. The average Bonchev–Trinajstić information content (AvgIpc) is 2.88. The first-order valence-corrected chi connectivity index (χ1v) is 6.94. The van der Waals surface area contributed by atoms with E-state index >= 15 is 0 Å². The van der Waals surface area contributed by atoms with Crippen molar-refractivity contribution < 1.29 is 0 Å². The molecule has 0 aromatic heterocycles. The minimum absolute atomic E-state index is 0. The van der Waals surface area contributed by atoms with Crippen molar-refractivity contribution in [2.24, 2.45) is 40.9 Å². The third-order valence-electron chi connectivity index (χ3n) is 6.98. The van der Waals surface area contributed by atoms with E-state index in [0.29, 0.717) is 5.41 Å². The van der Waals surface area contributed by atoms with E-state index in [9.17, 15) is 0 Å². The largest absolute Gasteiger partial charge is 0.308 e. The molecular formula is C15H23Rf-. The maximum atomic E-state index is 2.52. The molecule has 6 atom stereocenters. The van der Waals surface area contributed by atoms with Gasteiger partial charge in [0.25, 0.3) is 0 Å². The first kappa shape index (κ1) is 10.2. The second-order valence-corrected chi connectivity index (χ2v) is 7.34. The standard InChI is InChI=1S/C15H23.Rf/c1-8-11-7-12(15(8,2)3)14-10-5-4-9(6-10)13(11)14;/h9-14H,4-7H2,1-3H3;/q-1;. The first-order valence-electron chi connectivity index (χ1n) is 6.94. The van der Waals surface area contributed by atoms with Crippen molar-refractivity contribution >= 4 is 0 Å². The Kier molecular flexibility index (Phi) is 1.67. The van der Waals surface area contributed by atoms with Crippen LogP contribution in [0.15, 0.2) is 0 Å². The van der Waals surface area contributed by atoms with Crippen LogP contribution in [-0.2, 0) is 0 Å². The van der Waals surface area contributed by atoms with Crippen molar-refractivity contribution in [2.45, 2.75) is 46.5 Å². The summed E-state index contributed by atoms with van der Waals surface area (Å²) in [6.07, 6.45) is 6.31. The van der Waals surface area contributed by atoms with Crippen LogP contribution in [-0.4, -0.2) is 0 Å². The molecule has 4 bridgehead atoms. The summed E-state index contributed by atoms with van der Waals surface area (Å²) >= 11 is 0. The van der Waals surface area contributed by atoms with Crippen LogP contribution in [0.25, 0.3) is 0 Å². The van der Waals surface area contributed by atoms with E-state index in [2.05, 4.69) is 20.8 Å². The number of rotatable bonds is 0. The van der Waals surface area contributed by atoms with Crippen LogP contribution in [0.2, 0.25) is 0 Å². The van der Waals surface area contributed by atoms with Crippen LogP contribution in [0.4, 0.5) is 0 Å². The van der Waals surface area contributed by atoms with Crippen molar-refractivity contribution in [3.63, 3.8) is 0 Å². The predicted molar refractivity (Wildman–Crippen MR) is 62.1 cm³/mol. The molecule has 0 aromatic carbocycles. The Morgan fingerprint density at radius 1 is 1.00 bits per heavy atom. The summed E-state index contributed by atoms with van der Waals surface area (Å²) in [5.74, 6) is 8.52. The monoisotopic (exact) mass is 470 g/mol. The van der Waals surface area contributed by atoms with Gasteiger partial charge in [-0.15, -0.1) is 0 Å². The second kappa shape index (κ2) is 2.63. The molecule has 1 heteroatoms. The zero-order valence-corrected chi connectivity index (χ0v) is 17.4. The van der Waals surface area contributed by atoms with E-state index < -0.39 is 0 Å². The van der Waals surface area contributed by atoms with Crippen LogP contribution < -0.4 is 0 Å². The number of fused-ring (bicyclic) bond motifs is 9. The molecule has 4 aliphatic rings. The van der Waals surface area contributed by atoms with Gasteiger partial charge in [-0.05, 0) is 37.0 Å². The number of hydrogen-bond acceptors (Lipinski definition) is 0. The van der Waals surface area contributed by atoms with Crippen LogP contribution in [0.1, 0.15) is 46.5 Å². The molecule has 16 heavy (non-hydrogen) atoms. The summed E-state index contributed by atoms with van der Waals surface area (Å²) in [5.41, 5.74) is 0.580. The molecule has 0 aliphatic heterocycles. The fraction of sp³-hybridized carbons (Fsp3) is 0.933. The van der Waals surface area contributed by atoms with Crippen LogP contribution in [0.3, 0.4) is 0 Å². The van der Waals surface area contributed by atoms with Crippen molar-refractivity contribution in [3.05, 3.63) is 5.92 Å². The summed E-state index contributed by atoms with van der Waals surface area (Å²) in [4.78, 5) is 0. The first-order chi connectivity index (χ1) is 7.10. The summed E-state index contributed by atoms with van der Waals surface area (Å²) in [5, 5.41) is 0. The summed E-state index contributed by atoms with van der Waals surface area (Å²) in [6, 6.07) is 0. The third-order valence-corrected chi connectivity index (χ3v) is 6.98. The van der Waals surface area contributed by atoms with Gasteiger partial charge in [0, 0.05) is 0 Å². The van der Waals surface area contributed by atoms with Crippen LogP contribution in [0.5, 0.6) is 0 Å². The zero-order valence-electron chi connectivity index (χ0n) is 11.0. The van der Waals surface area contributed by atoms with Gasteiger partial charge in [-0.3, -0.25) is 0 Å². The molecular weight excluding hydrogens is 447 g/mol. The van der Waals surface area contributed by atoms with E-state index in [1.807, 2.05) is 5.92 Å². The zero-order chi connectivity index (χ0) is 10.4. The van der Waals surface area contributed by atoms with Gasteiger partial charge in [-0.1, -0.05) is 32.1 Å². The molecule has 0 radical (unpaired) electrons. The van der Waals surface area contributed by atoms with Crippen LogP contribution >= 0.6 is 0 Å². The van der Waals surface area contributed by atoms with Gasteiger partial charge in [0.1, 0.15) is 0 Å². The van der Waals surface area contributed by atoms with E-state index in [1.165, 1.54) is 0 Å². The topological polar surface area (TPSA) is 0 Å². The molecule has 0 N–H and O–H groups in total. The Morgan fingerprint density at radius 3 is 2.31 bits per heavy atom. The summed E-state index contributed by atoms with van der Waals surface area (Å²) in [6.45, 7) is 7.51. The van der Waals surface area contributed by atoms with Gasteiger partial charge in [0.05, 0.1) is 0 Å². The molecule has 4 saturated carbocycles. The normalized spacial score (nSPS) is 56.4. The molecule has 86 valence electrons. The van der Waals surface area contributed by atoms with Crippen molar-refractivity contribution in [1.29, 1.82) is 0 Å². The molecule has 6 unspecified atom stereocenters. The van der Waals surface area contributed by atoms with Gasteiger partial charge in [-0.25, -0.2) is 0 Å². The quantitative estimate of drug-likeness (QED) is 0.372. The molecule has 0 amide bonds. The molecule has 4 aliphatic carbocycles. The summed E-state index contributed by atoms with van der Waals surface area (Å²) in [7, 11) is 0. The van der Waals surface area contributed by atoms with E-state index in [-0.39, 0.29) is 0 Å². The fourth-order valence-corrected chi connectivity index (χ4v) is 6.17. The fourth-order valence-electron chi connectivity index (χ4n) is 6.17. The molecule has 4 fully saturated rings. The van der Waals surface area contributed by atoms with Crippen molar-refractivity contribution in [2.75, 3.05) is 0 Å². The maximum absolute atomic E-state index is 2.52. The molecule has 0 nitrogen and oxygen atoms in total. The van der Waals surface area contributed by atoms with Crippen LogP contribution in [0, 0.1) is 46.8 Å². The second-order valence-electron chi connectivity index (χ2n) is 7.34. The SMILES string of the molecule is C[C-]1C2CC(C3C4CCC(C4)C23)C1(C)C.[Rf]. The van der Waals surface area contributed by atoms with Gasteiger partial charge < -0.3 is 5.92 Å². The average molecular weight is 470 g/mol. The van der Waals surface area contributed by atoms with Gasteiger partial charge >= 0.3 is 0 Å². The maximum Gasteiger partial charge on any atom is 0 e. The smallest absolute Gasteiger partial charge is 0 e. The van der Waals surface area contributed by atoms with Crippen molar-refractivity contribution in [3.8, 4) is 0 Å². The predicted octanol–water partition coefficient (Wildman–Crippen LogP) is 3.92. The Morgan fingerprint density at radius 2 is 1.62 bits per heavy atom. The Balaban J connectivity index is 0.000000810. The molecule has 0 spiro atoms. The Hall–Kier alpha value is -1.00. The molecule has 4 rings (SSSR count). The van der Waals surface area contributed by atoms with E-state index in [0.717, 1.165) is 35.5 Å². The van der Waals surface area contributed by atoms with E-state index in [4.69, 9.17) is 0 Å². The number of hydrogen-bond donors (Lipinski definition) is 0. The van der Waals surface area contributed by atoms with Gasteiger partial charge in [0.2, 0.25) is 0 Å². The molecule has 0 saturated heterocycles. The van der Waals surface area contributed by atoms with Gasteiger partial charge in [0.15, 0.2) is 0 Å². The minimum Gasteiger partial charge on any atom is -0.308 e.